The van der Waals surface area contributed by atoms with Gasteiger partial charge in [-0.2, -0.15) is 11.8 Å². The van der Waals surface area contributed by atoms with Gasteiger partial charge in [0.2, 0.25) is 0 Å². The molecule has 2 heterocycles. The summed E-state index contributed by atoms with van der Waals surface area (Å²) in [6.45, 7) is 8.17. The van der Waals surface area contributed by atoms with Gasteiger partial charge < -0.3 is 9.64 Å². The van der Waals surface area contributed by atoms with Crippen molar-refractivity contribution in [2.45, 2.75) is 45.3 Å². The van der Waals surface area contributed by atoms with E-state index in [1.165, 1.54) is 38.1 Å². The minimum atomic E-state index is 0.528. The van der Waals surface area contributed by atoms with Gasteiger partial charge in [0.05, 0.1) is 12.7 Å². The first-order valence-electron chi connectivity index (χ1n) is 6.50. The topological polar surface area (TPSA) is 12.5 Å². The van der Waals surface area contributed by atoms with E-state index in [-0.39, 0.29) is 0 Å². The summed E-state index contributed by atoms with van der Waals surface area (Å²) >= 11 is 1.92. The van der Waals surface area contributed by atoms with Crippen LogP contribution in [0, 0.1) is 5.41 Å². The molecule has 1 unspecified atom stereocenters. The van der Waals surface area contributed by atoms with E-state index in [0.717, 1.165) is 6.61 Å². The summed E-state index contributed by atoms with van der Waals surface area (Å²) in [6.07, 6.45) is 6.70. The van der Waals surface area contributed by atoms with Crippen LogP contribution < -0.4 is 0 Å². The fraction of sp³-hybridized carbons (Fsp3) is 1.00. The van der Waals surface area contributed by atoms with Crippen molar-refractivity contribution in [1.29, 1.82) is 0 Å². The van der Waals surface area contributed by atoms with Crippen molar-refractivity contribution >= 4 is 11.8 Å². The molecule has 2 aliphatic rings. The number of ether oxygens (including phenoxy) is 1. The van der Waals surface area contributed by atoms with Gasteiger partial charge in [-0.3, -0.25) is 0 Å². The Labute approximate surface area is 104 Å². The molecular formula is C13H25NOS. The highest BCUT2D eigenvalue weighted by Gasteiger charge is 2.42. The average Bonchev–Trinajstić information content (AvgIpc) is 2.63. The molecule has 2 fully saturated rings. The average molecular weight is 243 g/mol. The molecule has 2 rings (SSSR count). The monoisotopic (exact) mass is 243 g/mol. The smallest absolute Gasteiger partial charge is 0.0671 e. The van der Waals surface area contributed by atoms with Gasteiger partial charge in [-0.25, -0.2) is 0 Å². The molecule has 2 nitrogen and oxygen atoms in total. The molecule has 0 aromatic carbocycles. The van der Waals surface area contributed by atoms with Crippen LogP contribution in [0.25, 0.3) is 0 Å². The summed E-state index contributed by atoms with van der Waals surface area (Å²) < 4.78 is 5.94. The van der Waals surface area contributed by atoms with Crippen molar-refractivity contribution in [2.75, 3.05) is 31.7 Å². The Kier molecular flexibility index (Phi) is 4.20. The maximum atomic E-state index is 5.94. The predicted molar refractivity (Wildman–Crippen MR) is 71.1 cm³/mol. The quantitative estimate of drug-likeness (QED) is 0.756. The van der Waals surface area contributed by atoms with Gasteiger partial charge in [0.1, 0.15) is 0 Å². The van der Waals surface area contributed by atoms with Crippen LogP contribution in [0.5, 0.6) is 0 Å². The minimum Gasteiger partial charge on any atom is -0.377 e. The molecule has 0 aromatic heterocycles. The third-order valence-corrected chi connectivity index (χ3v) is 4.93. The molecule has 0 N–H and O–H groups in total. The Hall–Kier alpha value is 0.270. The largest absolute Gasteiger partial charge is 0.377 e. The molecule has 0 amide bonds. The molecule has 0 aromatic rings. The third-order valence-electron chi connectivity index (χ3n) is 4.23. The van der Waals surface area contributed by atoms with Crippen LogP contribution in [0.15, 0.2) is 0 Å². The van der Waals surface area contributed by atoms with Crippen molar-refractivity contribution in [1.82, 2.24) is 4.90 Å². The number of rotatable bonds is 3. The van der Waals surface area contributed by atoms with Gasteiger partial charge in [0.15, 0.2) is 0 Å². The Bertz CT molecular complexity index is 224. The van der Waals surface area contributed by atoms with E-state index in [0.29, 0.717) is 17.6 Å². The molecule has 0 bridgehead atoms. The van der Waals surface area contributed by atoms with E-state index in [1.807, 2.05) is 11.8 Å². The highest BCUT2D eigenvalue weighted by molar-refractivity contribution is 7.98. The first-order chi connectivity index (χ1) is 7.65. The molecule has 0 radical (unpaired) electrons. The van der Waals surface area contributed by atoms with Crippen molar-refractivity contribution < 1.29 is 4.74 Å². The van der Waals surface area contributed by atoms with Gasteiger partial charge in [-0.1, -0.05) is 0 Å². The van der Waals surface area contributed by atoms with Crippen LogP contribution >= 0.6 is 11.8 Å². The van der Waals surface area contributed by atoms with Crippen LogP contribution in [0.1, 0.15) is 33.1 Å². The fourth-order valence-corrected chi connectivity index (χ4v) is 3.64. The second-order valence-electron chi connectivity index (χ2n) is 5.72. The van der Waals surface area contributed by atoms with Gasteiger partial charge in [0, 0.05) is 11.8 Å². The number of nitrogens with zero attached hydrogens (tertiary/aromatic N) is 1. The lowest BCUT2D eigenvalue weighted by Gasteiger charge is -2.40. The van der Waals surface area contributed by atoms with Gasteiger partial charge in [-0.05, 0) is 57.9 Å². The van der Waals surface area contributed by atoms with Gasteiger partial charge in [0.25, 0.3) is 0 Å². The number of thioether (sulfide) groups is 1. The molecule has 2 aliphatic heterocycles. The van der Waals surface area contributed by atoms with Crippen LogP contribution in [0.3, 0.4) is 0 Å². The first kappa shape index (κ1) is 12.7. The maximum absolute atomic E-state index is 5.94. The predicted octanol–water partition coefficient (Wildman–Crippen LogP) is 2.63. The molecule has 0 aliphatic carbocycles. The van der Waals surface area contributed by atoms with Gasteiger partial charge >= 0.3 is 0 Å². The van der Waals surface area contributed by atoms with Crippen molar-refractivity contribution in [3.63, 3.8) is 0 Å². The lowest BCUT2D eigenvalue weighted by Crippen LogP contribution is -2.43. The lowest BCUT2D eigenvalue weighted by atomic mass is 9.76. The number of hydrogen-bond donors (Lipinski definition) is 0. The Morgan fingerprint density at radius 1 is 1.38 bits per heavy atom. The van der Waals surface area contributed by atoms with Crippen LogP contribution in [-0.2, 0) is 4.74 Å². The lowest BCUT2D eigenvalue weighted by molar-refractivity contribution is 0.0593. The SMILES string of the molecule is CSCC1CC2(CCN(C(C)C)CC2)CO1. The summed E-state index contributed by atoms with van der Waals surface area (Å²) in [5.41, 5.74) is 0.534. The van der Waals surface area contributed by atoms with E-state index in [2.05, 4.69) is 25.0 Å². The summed E-state index contributed by atoms with van der Waals surface area (Å²) in [5, 5.41) is 0. The van der Waals surface area contributed by atoms with E-state index < -0.39 is 0 Å². The first-order valence-corrected chi connectivity index (χ1v) is 7.89. The molecule has 1 spiro atoms. The summed E-state index contributed by atoms with van der Waals surface area (Å²) in [7, 11) is 0. The summed E-state index contributed by atoms with van der Waals surface area (Å²) in [4.78, 5) is 2.60. The van der Waals surface area contributed by atoms with Gasteiger partial charge in [-0.15, -0.1) is 0 Å². The Balaban J connectivity index is 1.84. The van der Waals surface area contributed by atoms with Crippen molar-refractivity contribution in [3.05, 3.63) is 0 Å². The highest BCUT2D eigenvalue weighted by atomic mass is 32.2. The van der Waals surface area contributed by atoms with Crippen LogP contribution in [0.4, 0.5) is 0 Å². The molecule has 0 saturated carbocycles. The zero-order valence-electron chi connectivity index (χ0n) is 10.9. The zero-order chi connectivity index (χ0) is 11.6. The summed E-state index contributed by atoms with van der Waals surface area (Å²) in [6, 6.07) is 0.710. The van der Waals surface area contributed by atoms with Crippen LogP contribution in [0.2, 0.25) is 0 Å². The van der Waals surface area contributed by atoms with E-state index >= 15 is 0 Å². The number of piperidine rings is 1. The van der Waals surface area contributed by atoms with E-state index in [9.17, 15) is 0 Å². The standard InChI is InChI=1S/C13H25NOS/c1-11(2)14-6-4-13(5-7-14)8-12(9-16-3)15-10-13/h11-12H,4-10H2,1-3H3. The second-order valence-corrected chi connectivity index (χ2v) is 6.63. The Morgan fingerprint density at radius 2 is 2.06 bits per heavy atom. The Morgan fingerprint density at radius 3 is 2.62 bits per heavy atom. The maximum Gasteiger partial charge on any atom is 0.0671 e. The fourth-order valence-electron chi connectivity index (χ4n) is 3.05. The highest BCUT2D eigenvalue weighted by Crippen LogP contribution is 2.42. The number of hydrogen-bond acceptors (Lipinski definition) is 3. The van der Waals surface area contributed by atoms with Crippen LogP contribution in [-0.4, -0.2) is 48.8 Å². The molecule has 16 heavy (non-hydrogen) atoms. The third kappa shape index (κ3) is 2.74. The number of likely N-dealkylation sites (tertiary alicyclic amines) is 1. The second kappa shape index (κ2) is 5.28. The summed E-state index contributed by atoms with van der Waals surface area (Å²) in [5.74, 6) is 1.18. The zero-order valence-corrected chi connectivity index (χ0v) is 11.7. The van der Waals surface area contributed by atoms with Crippen molar-refractivity contribution in [3.8, 4) is 0 Å². The molecule has 2 saturated heterocycles. The minimum absolute atomic E-state index is 0.528. The molecule has 3 heteroatoms. The molecule has 1 atom stereocenters. The van der Waals surface area contributed by atoms with E-state index in [1.54, 1.807) is 0 Å². The molecule has 94 valence electrons. The van der Waals surface area contributed by atoms with Crippen molar-refractivity contribution in [2.24, 2.45) is 5.41 Å². The normalized spacial score (nSPS) is 30.4. The van der Waals surface area contributed by atoms with E-state index in [4.69, 9.17) is 4.74 Å². The molecular weight excluding hydrogens is 218 g/mol.